The van der Waals surface area contributed by atoms with Gasteiger partial charge < -0.3 is 30.3 Å². The zero-order chi connectivity index (χ0) is 12.1. The summed E-state index contributed by atoms with van der Waals surface area (Å²) in [5, 5.41) is 48.3. The Bertz CT molecular complexity index is 247. The molecule has 0 bridgehead atoms. The number of hydrogen-bond acceptors (Lipinski definition) is 6. The highest BCUT2D eigenvalue weighted by Gasteiger charge is 2.65. The molecule has 0 spiro atoms. The van der Waals surface area contributed by atoms with Gasteiger partial charge >= 0.3 is 0 Å². The van der Waals surface area contributed by atoms with Gasteiger partial charge in [0.2, 0.25) is 0 Å². The van der Waals surface area contributed by atoms with Gasteiger partial charge in [-0.3, -0.25) is 0 Å². The maximum Gasteiger partial charge on any atom is 0.187 e. The molecule has 90 valence electrons. The highest BCUT2D eigenvalue weighted by molar-refractivity contribution is 5.13. The molecule has 1 rings (SSSR count). The van der Waals surface area contributed by atoms with Gasteiger partial charge in [-0.25, -0.2) is 0 Å². The Morgan fingerprint density at radius 3 is 1.93 bits per heavy atom. The number of hydrogen-bond donors (Lipinski definition) is 5. The van der Waals surface area contributed by atoms with E-state index >= 15 is 0 Å². The predicted molar refractivity (Wildman–Crippen MR) is 49.8 cm³/mol. The minimum atomic E-state index is -2.03. The molecule has 15 heavy (non-hydrogen) atoms. The first-order valence-corrected chi connectivity index (χ1v) is 4.70. The number of ether oxygens (including phenoxy) is 1. The van der Waals surface area contributed by atoms with Crippen molar-refractivity contribution < 1.29 is 30.3 Å². The summed E-state index contributed by atoms with van der Waals surface area (Å²) >= 11 is 0. The van der Waals surface area contributed by atoms with Crippen LogP contribution in [0.25, 0.3) is 0 Å². The molecule has 5 atom stereocenters. The highest BCUT2D eigenvalue weighted by Crippen LogP contribution is 2.43. The Kier molecular flexibility index (Phi) is 2.89. The fourth-order valence-corrected chi connectivity index (χ4v) is 1.71. The minimum absolute atomic E-state index is 0.573. The second-order valence-electron chi connectivity index (χ2n) is 4.53. The Labute approximate surface area is 87.7 Å². The summed E-state index contributed by atoms with van der Waals surface area (Å²) in [5.41, 5.74) is -5.91. The van der Waals surface area contributed by atoms with E-state index in [2.05, 4.69) is 0 Å². The quantitative estimate of drug-likeness (QED) is 0.349. The van der Waals surface area contributed by atoms with Gasteiger partial charge in [-0.15, -0.1) is 0 Å². The van der Waals surface area contributed by atoms with Crippen molar-refractivity contribution in [2.75, 3.05) is 6.61 Å². The van der Waals surface area contributed by atoms with Gasteiger partial charge in [-0.2, -0.15) is 0 Å². The van der Waals surface area contributed by atoms with Crippen molar-refractivity contribution in [1.29, 1.82) is 0 Å². The Hall–Kier alpha value is -0.240. The van der Waals surface area contributed by atoms with E-state index in [9.17, 15) is 20.4 Å². The summed E-state index contributed by atoms with van der Waals surface area (Å²) in [6.07, 6.45) is -2.84. The fraction of sp³-hybridized carbons (Fsp3) is 1.00. The number of rotatable bonds is 1. The maximum atomic E-state index is 10.1. The summed E-state index contributed by atoms with van der Waals surface area (Å²) < 4.78 is 4.85. The first-order chi connectivity index (χ1) is 6.59. The van der Waals surface area contributed by atoms with Crippen molar-refractivity contribution in [3.8, 4) is 0 Å². The summed E-state index contributed by atoms with van der Waals surface area (Å²) in [6.45, 7) is 2.99. The lowest BCUT2D eigenvalue weighted by atomic mass is 9.68. The highest BCUT2D eigenvalue weighted by atomic mass is 16.6. The standard InChI is InChI=1S/C9H18O6/c1-7(12)5(4-10)15-6(11)8(2,13)9(7,3)14/h5-6,10-14H,4H2,1-3H3/t5-,6?,7-,8-,9+/m1/s1. The van der Waals surface area contributed by atoms with Crippen molar-refractivity contribution in [2.24, 2.45) is 0 Å². The van der Waals surface area contributed by atoms with Crippen LogP contribution in [0.3, 0.4) is 0 Å². The molecular weight excluding hydrogens is 204 g/mol. The topological polar surface area (TPSA) is 110 Å². The third-order valence-corrected chi connectivity index (χ3v) is 3.54. The van der Waals surface area contributed by atoms with Crippen LogP contribution in [0.2, 0.25) is 0 Å². The summed E-state index contributed by atoms with van der Waals surface area (Å²) in [7, 11) is 0. The van der Waals surface area contributed by atoms with Crippen LogP contribution >= 0.6 is 0 Å². The first kappa shape index (κ1) is 12.8. The molecule has 0 amide bonds. The maximum absolute atomic E-state index is 10.1. The van der Waals surface area contributed by atoms with Gasteiger partial charge in [-0.1, -0.05) is 0 Å². The molecule has 1 aliphatic heterocycles. The van der Waals surface area contributed by atoms with E-state index in [0.29, 0.717) is 0 Å². The Morgan fingerprint density at radius 1 is 1.07 bits per heavy atom. The lowest BCUT2D eigenvalue weighted by Gasteiger charge is -2.56. The van der Waals surface area contributed by atoms with E-state index < -0.39 is 35.8 Å². The van der Waals surface area contributed by atoms with Gasteiger partial charge in [0.1, 0.15) is 22.9 Å². The van der Waals surface area contributed by atoms with E-state index in [1.807, 2.05) is 0 Å². The van der Waals surface area contributed by atoms with Crippen LogP contribution in [-0.4, -0.2) is 61.3 Å². The van der Waals surface area contributed by atoms with Crippen LogP contribution in [0.15, 0.2) is 0 Å². The second-order valence-corrected chi connectivity index (χ2v) is 4.53. The lowest BCUT2D eigenvalue weighted by Crippen LogP contribution is -2.77. The van der Waals surface area contributed by atoms with Gasteiger partial charge in [0.25, 0.3) is 0 Å². The van der Waals surface area contributed by atoms with Crippen molar-refractivity contribution in [3.63, 3.8) is 0 Å². The van der Waals surface area contributed by atoms with E-state index in [1.165, 1.54) is 13.8 Å². The van der Waals surface area contributed by atoms with Gasteiger partial charge in [0.15, 0.2) is 6.29 Å². The summed E-state index contributed by atoms with van der Waals surface area (Å²) in [5.74, 6) is 0. The molecule has 0 aromatic rings. The normalized spacial score (nSPS) is 56.8. The van der Waals surface area contributed by atoms with E-state index in [1.54, 1.807) is 0 Å². The zero-order valence-electron chi connectivity index (χ0n) is 9.01. The van der Waals surface area contributed by atoms with Crippen LogP contribution in [0.4, 0.5) is 0 Å². The molecule has 1 fully saturated rings. The molecule has 0 aromatic carbocycles. The van der Waals surface area contributed by atoms with Crippen LogP contribution in [0.5, 0.6) is 0 Å². The van der Waals surface area contributed by atoms with Gasteiger partial charge in [-0.05, 0) is 20.8 Å². The van der Waals surface area contributed by atoms with Crippen molar-refractivity contribution >= 4 is 0 Å². The Balaban J connectivity index is 3.16. The van der Waals surface area contributed by atoms with Gasteiger partial charge in [0, 0.05) is 0 Å². The predicted octanol–water partition coefficient (Wildman–Crippen LogP) is -2.05. The van der Waals surface area contributed by atoms with E-state index in [4.69, 9.17) is 9.84 Å². The average molecular weight is 222 g/mol. The average Bonchev–Trinajstić information content (AvgIpc) is 2.10. The first-order valence-electron chi connectivity index (χ1n) is 4.70. The van der Waals surface area contributed by atoms with E-state index in [0.717, 1.165) is 6.92 Å². The molecule has 0 saturated carbocycles. The molecule has 5 N–H and O–H groups in total. The minimum Gasteiger partial charge on any atom is -0.394 e. The molecule has 1 saturated heterocycles. The number of aliphatic hydroxyl groups excluding tert-OH is 2. The molecular formula is C9H18O6. The monoisotopic (exact) mass is 222 g/mol. The molecule has 0 radical (unpaired) electrons. The molecule has 6 heteroatoms. The van der Waals surface area contributed by atoms with Crippen molar-refractivity contribution in [2.45, 2.75) is 50.0 Å². The largest absolute Gasteiger partial charge is 0.394 e. The SMILES string of the molecule is C[C@@]1(O)[C@](C)(O)C(O)O[C@H](CO)[C@@]1(C)O. The smallest absolute Gasteiger partial charge is 0.187 e. The molecule has 1 heterocycles. The third-order valence-electron chi connectivity index (χ3n) is 3.54. The van der Waals surface area contributed by atoms with Crippen LogP contribution in [0, 0.1) is 0 Å². The van der Waals surface area contributed by atoms with Crippen LogP contribution < -0.4 is 0 Å². The van der Waals surface area contributed by atoms with Crippen LogP contribution in [0.1, 0.15) is 20.8 Å². The van der Waals surface area contributed by atoms with Gasteiger partial charge in [0.05, 0.1) is 6.61 Å². The van der Waals surface area contributed by atoms with Crippen molar-refractivity contribution in [3.05, 3.63) is 0 Å². The summed E-state index contributed by atoms with van der Waals surface area (Å²) in [6, 6.07) is 0. The van der Waals surface area contributed by atoms with Crippen molar-refractivity contribution in [1.82, 2.24) is 0 Å². The van der Waals surface area contributed by atoms with Crippen LogP contribution in [-0.2, 0) is 4.74 Å². The Morgan fingerprint density at radius 2 is 1.53 bits per heavy atom. The zero-order valence-corrected chi connectivity index (χ0v) is 9.01. The fourth-order valence-electron chi connectivity index (χ4n) is 1.71. The third kappa shape index (κ3) is 1.49. The molecule has 1 aliphatic rings. The molecule has 1 unspecified atom stereocenters. The second kappa shape index (κ2) is 3.38. The molecule has 0 aromatic heterocycles. The molecule has 0 aliphatic carbocycles. The summed E-state index contributed by atoms with van der Waals surface area (Å²) in [4.78, 5) is 0. The number of aliphatic hydroxyl groups is 5. The van der Waals surface area contributed by atoms with E-state index in [-0.39, 0.29) is 0 Å². The lowest BCUT2D eigenvalue weighted by molar-refractivity contribution is -0.382. The molecule has 6 nitrogen and oxygen atoms in total.